The first-order valence-corrected chi connectivity index (χ1v) is 12.0. The molecule has 0 atom stereocenters. The number of halogens is 5. The molecular formula is C30H23BClF4N. The summed E-state index contributed by atoms with van der Waals surface area (Å²) in [5.74, 6) is 0. The van der Waals surface area contributed by atoms with Crippen LogP contribution in [0.2, 0.25) is 5.02 Å². The fraction of sp³-hybridized carbons (Fsp3) is 0.0333. The number of pyridine rings is 1. The highest BCUT2D eigenvalue weighted by atomic mass is 35.5. The summed E-state index contributed by atoms with van der Waals surface area (Å²) < 4.78 is 41.4. The van der Waals surface area contributed by atoms with Crippen molar-refractivity contribution in [2.24, 2.45) is 0 Å². The molecule has 1 heterocycles. The van der Waals surface area contributed by atoms with Gasteiger partial charge in [0.1, 0.15) is 0 Å². The smallest absolute Gasteiger partial charge is 0.418 e. The minimum absolute atomic E-state index is 0.684. The largest absolute Gasteiger partial charge is 0.673 e. The number of hydrogen-bond acceptors (Lipinski definition) is 0. The average Bonchev–Trinajstić information content (AvgIpc) is 2.90. The molecule has 0 radical (unpaired) electrons. The second kappa shape index (κ2) is 11.9. The van der Waals surface area contributed by atoms with Crippen LogP contribution >= 0.6 is 11.6 Å². The zero-order valence-electron chi connectivity index (χ0n) is 19.7. The summed E-state index contributed by atoms with van der Waals surface area (Å²) in [5.41, 5.74) is 8.16. The highest BCUT2D eigenvalue weighted by Gasteiger charge is 2.23. The maximum absolute atomic E-state index is 9.75. The van der Waals surface area contributed by atoms with E-state index in [1.165, 1.54) is 22.3 Å². The lowest BCUT2D eigenvalue weighted by molar-refractivity contribution is -0.666. The Hall–Kier alpha value is -3.90. The standard InChI is InChI=1S/C30H23ClN.BF4/c31-28-19-11-10-18-26(28)22-32-29(24-14-6-2-7-15-24)20-27(23-12-4-1-5-13-23)21-30(32)25-16-8-3-9-17-25;2-1(3,4)5/h1-21H,22H2;/q+1;-1. The molecule has 0 saturated heterocycles. The Kier molecular flexibility index (Phi) is 8.41. The molecule has 5 aromatic rings. The van der Waals surface area contributed by atoms with Crippen LogP contribution in [-0.2, 0) is 6.54 Å². The Labute approximate surface area is 218 Å². The van der Waals surface area contributed by atoms with Gasteiger partial charge in [-0.1, -0.05) is 96.5 Å². The van der Waals surface area contributed by atoms with Crippen molar-refractivity contribution in [3.63, 3.8) is 0 Å². The Morgan fingerprint density at radius 3 is 1.32 bits per heavy atom. The Morgan fingerprint density at radius 2 is 0.892 bits per heavy atom. The first-order valence-electron chi connectivity index (χ1n) is 11.6. The predicted molar refractivity (Wildman–Crippen MR) is 144 cm³/mol. The molecule has 0 spiro atoms. The molecule has 5 rings (SSSR count). The monoisotopic (exact) mass is 519 g/mol. The van der Waals surface area contributed by atoms with Crippen molar-refractivity contribution in [3.8, 4) is 33.6 Å². The topological polar surface area (TPSA) is 3.88 Å². The van der Waals surface area contributed by atoms with E-state index in [4.69, 9.17) is 11.6 Å². The van der Waals surface area contributed by atoms with E-state index >= 15 is 0 Å². The molecule has 37 heavy (non-hydrogen) atoms. The van der Waals surface area contributed by atoms with E-state index in [2.05, 4.69) is 114 Å². The van der Waals surface area contributed by atoms with Gasteiger partial charge < -0.3 is 17.3 Å². The van der Waals surface area contributed by atoms with E-state index in [1.807, 2.05) is 18.2 Å². The summed E-state index contributed by atoms with van der Waals surface area (Å²) in [7, 11) is -6.00. The maximum atomic E-state index is 9.75. The molecule has 186 valence electrons. The van der Waals surface area contributed by atoms with Crippen molar-refractivity contribution in [3.05, 3.63) is 138 Å². The summed E-state index contributed by atoms with van der Waals surface area (Å²) in [4.78, 5) is 0. The quantitative estimate of drug-likeness (QED) is 0.124. The third-order valence-corrected chi connectivity index (χ3v) is 6.07. The number of nitrogens with zero attached hydrogens (tertiary/aromatic N) is 1. The van der Waals surface area contributed by atoms with E-state index in [9.17, 15) is 17.3 Å². The summed E-state index contributed by atoms with van der Waals surface area (Å²) in [6.07, 6.45) is 0. The van der Waals surface area contributed by atoms with Crippen LogP contribution in [0.5, 0.6) is 0 Å². The van der Waals surface area contributed by atoms with Crippen molar-refractivity contribution >= 4 is 18.9 Å². The van der Waals surface area contributed by atoms with Gasteiger partial charge in [0.15, 0.2) is 6.54 Å². The van der Waals surface area contributed by atoms with Crippen molar-refractivity contribution in [1.82, 2.24) is 0 Å². The van der Waals surface area contributed by atoms with Gasteiger partial charge in [-0.2, -0.15) is 4.57 Å². The molecule has 0 saturated carbocycles. The van der Waals surface area contributed by atoms with Crippen molar-refractivity contribution in [1.29, 1.82) is 0 Å². The highest BCUT2D eigenvalue weighted by Crippen LogP contribution is 2.30. The second-order valence-corrected chi connectivity index (χ2v) is 8.69. The minimum atomic E-state index is -6.00. The van der Waals surface area contributed by atoms with Crippen LogP contribution in [0, 0.1) is 0 Å². The number of hydrogen-bond donors (Lipinski definition) is 0. The van der Waals surface area contributed by atoms with Crippen molar-refractivity contribution in [2.45, 2.75) is 6.54 Å². The molecule has 0 unspecified atom stereocenters. The summed E-state index contributed by atoms with van der Waals surface area (Å²) >= 11 is 6.58. The Morgan fingerprint density at radius 1 is 0.514 bits per heavy atom. The zero-order chi connectivity index (χ0) is 26.3. The second-order valence-electron chi connectivity index (χ2n) is 8.29. The van der Waals surface area contributed by atoms with Gasteiger partial charge in [-0.15, -0.1) is 0 Å². The summed E-state index contributed by atoms with van der Waals surface area (Å²) in [6.45, 7) is 0.684. The maximum Gasteiger partial charge on any atom is 0.673 e. The fourth-order valence-corrected chi connectivity index (χ4v) is 4.28. The fourth-order valence-electron chi connectivity index (χ4n) is 4.08. The molecule has 1 nitrogen and oxygen atoms in total. The summed E-state index contributed by atoms with van der Waals surface area (Å²) in [6, 6.07) is 44.4. The number of rotatable bonds is 5. The van der Waals surface area contributed by atoms with E-state index in [0.717, 1.165) is 22.0 Å². The lowest BCUT2D eigenvalue weighted by Crippen LogP contribution is -2.39. The predicted octanol–water partition coefficient (Wildman–Crippen LogP) is 8.98. The van der Waals surface area contributed by atoms with Crippen LogP contribution in [0.1, 0.15) is 5.56 Å². The number of aromatic nitrogens is 1. The molecule has 0 aliphatic carbocycles. The van der Waals surface area contributed by atoms with Gasteiger partial charge in [-0.05, 0) is 41.5 Å². The molecule has 1 aromatic heterocycles. The van der Waals surface area contributed by atoms with E-state index in [-0.39, 0.29) is 0 Å². The van der Waals surface area contributed by atoms with Crippen LogP contribution in [0.15, 0.2) is 127 Å². The highest BCUT2D eigenvalue weighted by molar-refractivity contribution is 6.50. The molecular weight excluding hydrogens is 497 g/mol. The van der Waals surface area contributed by atoms with Gasteiger partial charge in [0, 0.05) is 28.8 Å². The van der Waals surface area contributed by atoms with Crippen LogP contribution in [0.3, 0.4) is 0 Å². The Balaban J connectivity index is 0.000000586. The first kappa shape index (κ1) is 26.2. The molecule has 0 fully saturated rings. The SMILES string of the molecule is Clc1ccccc1C[n+]1c(-c2ccccc2)cc(-c2ccccc2)cc1-c1ccccc1.F[B-](F)(F)F. The molecule has 7 heteroatoms. The molecule has 0 N–H and O–H groups in total. The third-order valence-electron chi connectivity index (χ3n) is 5.70. The van der Waals surface area contributed by atoms with Gasteiger partial charge in [0.25, 0.3) is 0 Å². The summed E-state index contributed by atoms with van der Waals surface area (Å²) in [5, 5.41) is 0.783. The lowest BCUT2D eigenvalue weighted by atomic mass is 9.98. The third kappa shape index (κ3) is 7.31. The van der Waals surface area contributed by atoms with Crippen LogP contribution < -0.4 is 4.57 Å². The van der Waals surface area contributed by atoms with E-state index in [1.54, 1.807) is 0 Å². The Bertz CT molecular complexity index is 1380. The number of benzene rings is 4. The molecule has 0 aliphatic rings. The molecule has 0 aliphatic heterocycles. The van der Waals surface area contributed by atoms with Gasteiger partial charge >= 0.3 is 7.25 Å². The average molecular weight is 520 g/mol. The van der Waals surface area contributed by atoms with Gasteiger partial charge in [0.2, 0.25) is 11.4 Å². The van der Waals surface area contributed by atoms with Crippen molar-refractivity contribution in [2.75, 3.05) is 0 Å². The van der Waals surface area contributed by atoms with E-state index in [0.29, 0.717) is 6.54 Å². The van der Waals surface area contributed by atoms with Crippen LogP contribution in [0.25, 0.3) is 33.6 Å². The van der Waals surface area contributed by atoms with Crippen molar-refractivity contribution < 1.29 is 21.8 Å². The molecule has 0 bridgehead atoms. The molecule has 0 amide bonds. The first-order chi connectivity index (χ1) is 17.8. The molecule has 4 aromatic carbocycles. The zero-order valence-corrected chi connectivity index (χ0v) is 20.5. The van der Waals surface area contributed by atoms with Gasteiger partial charge in [-0.3, -0.25) is 0 Å². The van der Waals surface area contributed by atoms with Gasteiger partial charge in [-0.25, -0.2) is 0 Å². The lowest BCUT2D eigenvalue weighted by Gasteiger charge is -2.13. The van der Waals surface area contributed by atoms with E-state index < -0.39 is 7.25 Å². The van der Waals surface area contributed by atoms with Gasteiger partial charge in [0.05, 0.1) is 5.02 Å². The minimum Gasteiger partial charge on any atom is -0.418 e. The normalized spacial score (nSPS) is 10.9. The van der Waals surface area contributed by atoms with Crippen LogP contribution in [0.4, 0.5) is 17.3 Å². The van der Waals surface area contributed by atoms with Crippen LogP contribution in [-0.4, -0.2) is 7.25 Å².